The number of nitrogens with one attached hydrogen (secondary N) is 1. The molecule has 1 amide bonds. The third-order valence-electron chi connectivity index (χ3n) is 1.71. The summed E-state index contributed by atoms with van der Waals surface area (Å²) in [7, 11) is 0. The Kier molecular flexibility index (Phi) is 1.88. The summed E-state index contributed by atoms with van der Waals surface area (Å²) in [5, 5.41) is 3.44. The van der Waals surface area contributed by atoms with Crippen molar-refractivity contribution in [1.29, 1.82) is 0 Å². The lowest BCUT2D eigenvalue weighted by molar-refractivity contribution is -0.105. The van der Waals surface area contributed by atoms with Gasteiger partial charge in [-0.2, -0.15) is 0 Å². The van der Waals surface area contributed by atoms with Crippen LogP contribution in [0.3, 0.4) is 0 Å². The average Bonchev–Trinajstić information content (AvgIpc) is 2.18. The van der Waals surface area contributed by atoms with E-state index in [1.807, 2.05) is 12.1 Å². The smallest absolute Gasteiger partial charge is 0.327 e. The molecule has 2 aromatic rings. The van der Waals surface area contributed by atoms with E-state index in [1.54, 1.807) is 18.6 Å². The van der Waals surface area contributed by atoms with Crippen LogP contribution in [0.1, 0.15) is 1.43 Å². The number of rotatable bonds is 2. The monoisotopic (exact) mass is 174 g/mol. The van der Waals surface area contributed by atoms with E-state index < -0.39 is 0 Å². The Labute approximate surface area is 76.1 Å². The Hall–Kier alpha value is -1.97. The molecule has 0 saturated heterocycles. The highest BCUT2D eigenvalue weighted by Crippen LogP contribution is 2.13. The van der Waals surface area contributed by atoms with Gasteiger partial charge in [-0.3, -0.25) is 14.8 Å². The standard InChI is InChI=1S/C9H7N3O/c13-6-12-8-3-7-4-10-2-1-9(7)11-5-8/h1-6H,(H,12,13)/p+1. The van der Waals surface area contributed by atoms with Gasteiger partial charge >= 0.3 is 1.43 Å². The van der Waals surface area contributed by atoms with Crippen molar-refractivity contribution in [3.05, 3.63) is 30.7 Å². The fraction of sp³-hybridized carbons (Fsp3) is 0. The summed E-state index contributed by atoms with van der Waals surface area (Å²) >= 11 is 0. The van der Waals surface area contributed by atoms with Crippen LogP contribution in [-0.4, -0.2) is 16.4 Å². The highest BCUT2D eigenvalue weighted by Gasteiger charge is 1.95. The molecule has 0 fully saturated rings. The second-order valence-corrected chi connectivity index (χ2v) is 2.55. The molecule has 2 heterocycles. The summed E-state index contributed by atoms with van der Waals surface area (Å²) in [6, 6.07) is 3.64. The second-order valence-electron chi connectivity index (χ2n) is 2.55. The minimum Gasteiger partial charge on any atom is -0.327 e. The van der Waals surface area contributed by atoms with E-state index in [9.17, 15) is 4.79 Å². The van der Waals surface area contributed by atoms with Gasteiger partial charge in [-0.1, -0.05) is 0 Å². The van der Waals surface area contributed by atoms with Gasteiger partial charge in [0.1, 0.15) is 0 Å². The van der Waals surface area contributed by atoms with Crippen LogP contribution in [0.15, 0.2) is 30.7 Å². The zero-order valence-electron chi connectivity index (χ0n) is 7.77. The quantitative estimate of drug-likeness (QED) is 0.698. The summed E-state index contributed by atoms with van der Waals surface area (Å²) in [5.41, 5.74) is 1.54. The molecule has 0 unspecified atom stereocenters. The SMILES string of the molecule is O=CNc1cnc2ccncc2c1.[H+]. The van der Waals surface area contributed by atoms with E-state index in [2.05, 4.69) is 15.3 Å². The summed E-state index contributed by atoms with van der Waals surface area (Å²) in [6.07, 6.45) is 5.62. The molecule has 0 spiro atoms. The molecule has 0 aliphatic carbocycles. The highest BCUT2D eigenvalue weighted by atomic mass is 16.1. The van der Waals surface area contributed by atoms with Gasteiger partial charge < -0.3 is 5.32 Å². The van der Waals surface area contributed by atoms with E-state index in [-0.39, 0.29) is 1.43 Å². The normalized spacial score (nSPS) is 9.85. The van der Waals surface area contributed by atoms with Crippen LogP contribution in [-0.2, 0) is 4.79 Å². The maximum Gasteiger partial charge on any atom is 1.00 e. The first kappa shape index (κ1) is 7.67. The molecule has 4 nitrogen and oxygen atoms in total. The molecule has 0 radical (unpaired) electrons. The molecule has 0 aromatic carbocycles. The lowest BCUT2D eigenvalue weighted by atomic mass is 10.2. The molecule has 2 rings (SSSR count). The van der Waals surface area contributed by atoms with E-state index in [1.165, 1.54) is 0 Å². The van der Waals surface area contributed by atoms with Crippen molar-refractivity contribution in [3.63, 3.8) is 0 Å². The molecule has 13 heavy (non-hydrogen) atoms. The Morgan fingerprint density at radius 1 is 1.46 bits per heavy atom. The summed E-state index contributed by atoms with van der Waals surface area (Å²) < 4.78 is 0. The number of carbonyl (C=O) groups excluding carboxylic acids is 1. The van der Waals surface area contributed by atoms with Gasteiger partial charge in [-0.15, -0.1) is 0 Å². The van der Waals surface area contributed by atoms with Crippen LogP contribution < -0.4 is 5.32 Å². The Morgan fingerprint density at radius 3 is 3.23 bits per heavy atom. The van der Waals surface area contributed by atoms with Gasteiger partial charge in [-0.05, 0) is 12.1 Å². The Balaban J connectivity index is 0.000000980. The molecule has 0 aliphatic rings. The summed E-state index contributed by atoms with van der Waals surface area (Å²) in [5.74, 6) is 0. The molecule has 0 saturated carbocycles. The van der Waals surface area contributed by atoms with Crippen LogP contribution in [0.2, 0.25) is 0 Å². The molecule has 2 aromatic heterocycles. The van der Waals surface area contributed by atoms with Crippen LogP contribution in [0.25, 0.3) is 10.9 Å². The van der Waals surface area contributed by atoms with Crippen molar-refractivity contribution in [2.45, 2.75) is 0 Å². The number of pyridine rings is 2. The molecule has 64 valence electrons. The van der Waals surface area contributed by atoms with Crippen LogP contribution >= 0.6 is 0 Å². The van der Waals surface area contributed by atoms with Crippen molar-refractivity contribution < 1.29 is 6.22 Å². The van der Waals surface area contributed by atoms with E-state index >= 15 is 0 Å². The second kappa shape index (κ2) is 3.18. The Bertz CT molecular complexity index is 447. The first-order valence-corrected chi connectivity index (χ1v) is 3.80. The minimum atomic E-state index is 0. The van der Waals surface area contributed by atoms with Gasteiger partial charge in [0, 0.05) is 17.8 Å². The van der Waals surface area contributed by atoms with E-state index in [0.717, 1.165) is 10.9 Å². The van der Waals surface area contributed by atoms with Gasteiger partial charge in [0.2, 0.25) is 6.41 Å². The maximum absolute atomic E-state index is 10.2. The van der Waals surface area contributed by atoms with E-state index in [4.69, 9.17) is 0 Å². The van der Waals surface area contributed by atoms with Crippen molar-refractivity contribution in [2.24, 2.45) is 0 Å². The zero-order chi connectivity index (χ0) is 9.10. The summed E-state index contributed by atoms with van der Waals surface area (Å²) in [6.45, 7) is 0. The number of hydrogen-bond donors (Lipinski definition) is 1. The third kappa shape index (κ3) is 1.46. The number of nitrogens with zero attached hydrogens (tertiary/aromatic N) is 2. The van der Waals surface area contributed by atoms with Gasteiger partial charge in [0.15, 0.2) is 0 Å². The van der Waals surface area contributed by atoms with Crippen molar-refractivity contribution in [1.82, 2.24) is 9.97 Å². The predicted molar refractivity (Wildman–Crippen MR) is 50.3 cm³/mol. The molecule has 0 bridgehead atoms. The Morgan fingerprint density at radius 2 is 2.38 bits per heavy atom. The molecule has 1 N–H and O–H groups in total. The summed E-state index contributed by atoms with van der Waals surface area (Å²) in [4.78, 5) is 18.3. The molecule has 0 atom stereocenters. The predicted octanol–water partition coefficient (Wildman–Crippen LogP) is 1.31. The zero-order valence-corrected chi connectivity index (χ0v) is 6.77. The van der Waals surface area contributed by atoms with Gasteiger partial charge in [-0.25, -0.2) is 0 Å². The fourth-order valence-corrected chi connectivity index (χ4v) is 1.12. The van der Waals surface area contributed by atoms with Crippen LogP contribution in [0.5, 0.6) is 0 Å². The molecule has 0 aliphatic heterocycles. The largest absolute Gasteiger partial charge is 1.00 e. The maximum atomic E-state index is 10.2. The van der Waals surface area contributed by atoms with Crippen LogP contribution in [0, 0.1) is 0 Å². The lowest BCUT2D eigenvalue weighted by Gasteiger charge is -1.99. The van der Waals surface area contributed by atoms with Gasteiger partial charge in [0.25, 0.3) is 0 Å². The van der Waals surface area contributed by atoms with Crippen molar-refractivity contribution in [3.8, 4) is 0 Å². The number of aromatic nitrogens is 2. The van der Waals surface area contributed by atoms with Crippen LogP contribution in [0.4, 0.5) is 5.69 Å². The first-order chi connectivity index (χ1) is 6.40. The minimum absolute atomic E-state index is 0. The van der Waals surface area contributed by atoms with Crippen molar-refractivity contribution >= 4 is 23.0 Å². The lowest BCUT2D eigenvalue weighted by Crippen LogP contribution is -1.94. The number of amides is 1. The van der Waals surface area contributed by atoms with Gasteiger partial charge in [0.05, 0.1) is 17.4 Å². The molecular weight excluding hydrogens is 166 g/mol. The third-order valence-corrected chi connectivity index (χ3v) is 1.71. The number of hydrogen-bond acceptors (Lipinski definition) is 3. The molecular formula is C9H8N3O+. The molecule has 4 heteroatoms. The number of carbonyl (C=O) groups is 1. The number of fused-ring (bicyclic) bond motifs is 1. The van der Waals surface area contributed by atoms with E-state index in [0.29, 0.717) is 12.1 Å². The highest BCUT2D eigenvalue weighted by molar-refractivity contribution is 5.83. The van der Waals surface area contributed by atoms with Crippen molar-refractivity contribution in [2.75, 3.05) is 5.32 Å². The first-order valence-electron chi connectivity index (χ1n) is 3.80. The average molecular weight is 174 g/mol. The number of anilines is 1. The fourth-order valence-electron chi connectivity index (χ4n) is 1.12. The topological polar surface area (TPSA) is 54.9 Å².